The number of carboxylic acid groups (broad SMARTS) is 1. The van der Waals surface area contributed by atoms with Crippen molar-refractivity contribution in [3.05, 3.63) is 101 Å². The van der Waals surface area contributed by atoms with Crippen LogP contribution in [0, 0.1) is 18.6 Å². The summed E-state index contributed by atoms with van der Waals surface area (Å²) in [6.07, 6.45) is -5.21. The molecule has 0 spiro atoms. The van der Waals surface area contributed by atoms with Gasteiger partial charge in [0, 0.05) is 35.5 Å². The number of benzene rings is 2. The molecule has 0 radical (unpaired) electrons. The Labute approximate surface area is 395 Å². The highest BCUT2D eigenvalue weighted by Crippen LogP contribution is 2.29. The van der Waals surface area contributed by atoms with E-state index in [1.54, 1.807) is 0 Å². The minimum Gasteiger partial charge on any atom is -0.480 e. The number of nitrogens with zero attached hydrogens (tertiary/aromatic N) is 9. The molecule has 0 saturated carbocycles. The number of hydrogen-bond donors (Lipinski definition) is 5. The Morgan fingerprint density at radius 1 is 0.941 bits per heavy atom. The standard InChI is InChI=1S/C13H10Cl2F3N3O3.C13H13F4N5O3S2.C10H19N5O2/c1-5-19-21(13(24)20(5)12(17)18)10-3-6(2-8(15)11(22)23)7(14)4-9(10)16;1-3-27(24,25)20-8-5-9(7(14)4-6(8)10(18)26)22-12(23)21(2)11(19-22)13(15,16)17;1-6(2)7-13-15(9(17)14(7)11)8(16)12-10(3,4)5/h3-4,8,12H,2H2,1H3,(H,22,23);4-5,20H,3H2,1-2H3,(H2,18,26);6H,11H2,1-5H3,(H,12,16). The molecule has 7 N–H and O–H groups in total. The number of carbonyl (C=O) groups excluding carboxylic acids is 1. The minimum atomic E-state index is -4.96. The van der Waals surface area contributed by atoms with Crippen LogP contribution in [0.4, 0.5) is 41.2 Å². The Hall–Kier alpha value is -6.27. The van der Waals surface area contributed by atoms with Crippen LogP contribution < -0.4 is 38.7 Å². The van der Waals surface area contributed by atoms with Gasteiger partial charge in [-0.1, -0.05) is 37.7 Å². The third-order valence-corrected chi connectivity index (χ3v) is 10.9. The van der Waals surface area contributed by atoms with E-state index in [-0.39, 0.29) is 64.6 Å². The highest BCUT2D eigenvalue weighted by Gasteiger charge is 2.38. The summed E-state index contributed by atoms with van der Waals surface area (Å²) in [6, 6.07) is 2.82. The zero-order chi connectivity index (χ0) is 52.3. The Bertz CT molecular complexity index is 3030. The van der Waals surface area contributed by atoms with Crippen molar-refractivity contribution in [3.8, 4) is 11.4 Å². The van der Waals surface area contributed by atoms with E-state index in [1.165, 1.54) is 6.92 Å². The number of anilines is 1. The SMILES string of the molecule is CC(C)c1nn(C(=O)NC(C)(C)C)c(=O)n1N.CCS(=O)(=O)Nc1cc(-n2nc(C(F)(F)F)n(C)c2=O)c(F)cc1C(N)=S.Cc1nn(-c2cc(CC(Cl)C(=O)O)c(Cl)cc2F)c(=O)n1C(F)F. The lowest BCUT2D eigenvalue weighted by molar-refractivity contribution is -0.147. The summed E-state index contributed by atoms with van der Waals surface area (Å²) in [5.41, 5.74) is 0.320. The van der Waals surface area contributed by atoms with Crippen LogP contribution in [0.5, 0.6) is 0 Å². The number of alkyl halides is 6. The first kappa shape index (κ1) is 56.1. The van der Waals surface area contributed by atoms with Gasteiger partial charge in [-0.15, -0.1) is 31.6 Å². The molecule has 68 heavy (non-hydrogen) atoms. The van der Waals surface area contributed by atoms with Gasteiger partial charge in [0.25, 0.3) is 0 Å². The number of carbonyl (C=O) groups is 2. The molecular weight excluding hydrogens is 1010 g/mol. The van der Waals surface area contributed by atoms with Gasteiger partial charge in [-0.05, 0) is 64.4 Å². The molecule has 1 atom stereocenters. The fraction of sp³-hybridized carbons (Fsp3) is 0.417. The molecule has 374 valence electrons. The number of halogens is 9. The molecule has 1 amide bonds. The van der Waals surface area contributed by atoms with Crippen LogP contribution in [0.15, 0.2) is 38.6 Å². The average Bonchev–Trinajstić information content (AvgIpc) is 3.80. The minimum absolute atomic E-state index is 0.0311. The molecule has 0 aliphatic rings. The van der Waals surface area contributed by atoms with Crippen LogP contribution in [-0.4, -0.2) is 90.3 Å². The number of aryl methyl sites for hydroxylation is 1. The number of nitrogens with two attached hydrogens (primary N) is 2. The van der Waals surface area contributed by atoms with E-state index < -0.39 is 91.6 Å². The third kappa shape index (κ3) is 13.2. The number of nitrogen functional groups attached to an aromatic ring is 1. The van der Waals surface area contributed by atoms with Gasteiger partial charge in [-0.3, -0.25) is 14.1 Å². The Kier molecular flexibility index (Phi) is 17.6. The van der Waals surface area contributed by atoms with E-state index >= 15 is 0 Å². The number of rotatable bonds is 11. The van der Waals surface area contributed by atoms with Crippen LogP contribution in [0.1, 0.15) is 82.6 Å². The van der Waals surface area contributed by atoms with Gasteiger partial charge in [0.2, 0.25) is 15.8 Å². The molecule has 32 heteroatoms. The van der Waals surface area contributed by atoms with E-state index in [0.29, 0.717) is 16.6 Å². The number of amides is 1. The van der Waals surface area contributed by atoms with Crippen molar-refractivity contribution in [1.82, 2.24) is 48.5 Å². The molecule has 21 nitrogen and oxygen atoms in total. The maximum Gasteiger partial charge on any atom is 0.451 e. The van der Waals surface area contributed by atoms with E-state index in [4.69, 9.17) is 52.1 Å². The molecular formula is C36H42Cl2F7N13O8S2. The van der Waals surface area contributed by atoms with Crippen LogP contribution in [-0.2, 0) is 34.5 Å². The zero-order valence-electron chi connectivity index (χ0n) is 36.7. The van der Waals surface area contributed by atoms with Crippen molar-refractivity contribution < 1.29 is 53.8 Å². The van der Waals surface area contributed by atoms with Gasteiger partial charge < -0.3 is 22.0 Å². The smallest absolute Gasteiger partial charge is 0.451 e. The number of aliphatic carboxylic acids is 1. The quantitative estimate of drug-likeness (QED) is 0.0539. The van der Waals surface area contributed by atoms with Gasteiger partial charge in [-0.25, -0.2) is 40.9 Å². The van der Waals surface area contributed by atoms with Gasteiger partial charge in [-0.2, -0.15) is 36.0 Å². The maximum absolute atomic E-state index is 14.4. The largest absolute Gasteiger partial charge is 0.480 e. The zero-order valence-corrected chi connectivity index (χ0v) is 39.8. The number of thiocarbonyl (C=S) groups is 1. The average molecular weight is 1050 g/mol. The van der Waals surface area contributed by atoms with Crippen LogP contribution in [0.25, 0.3) is 11.4 Å². The second-order valence-corrected chi connectivity index (χ2v) is 18.7. The summed E-state index contributed by atoms with van der Waals surface area (Å²) in [5.74, 6) is 0.206. The Balaban J connectivity index is 0.000000277. The van der Waals surface area contributed by atoms with Crippen molar-refractivity contribution in [2.24, 2.45) is 12.8 Å². The predicted octanol–water partition coefficient (Wildman–Crippen LogP) is 4.13. The second kappa shape index (κ2) is 21.4. The summed E-state index contributed by atoms with van der Waals surface area (Å²) in [6.45, 7) is 8.49. The number of nitrogens with one attached hydrogen (secondary N) is 2. The van der Waals surface area contributed by atoms with Crippen LogP contribution in [0.3, 0.4) is 0 Å². The molecule has 1 unspecified atom stereocenters. The maximum atomic E-state index is 14.4. The lowest BCUT2D eigenvalue weighted by atomic mass is 10.1. The summed E-state index contributed by atoms with van der Waals surface area (Å²) in [7, 11) is -3.04. The van der Waals surface area contributed by atoms with Gasteiger partial charge in [0.05, 0.1) is 11.4 Å². The van der Waals surface area contributed by atoms with Gasteiger partial charge >= 0.3 is 41.8 Å². The number of aromatic nitrogens is 9. The molecule has 0 fully saturated rings. The fourth-order valence-corrected chi connectivity index (χ4v) is 6.63. The summed E-state index contributed by atoms with van der Waals surface area (Å²) >= 11 is 16.2. The van der Waals surface area contributed by atoms with Crippen LogP contribution >= 0.6 is 35.4 Å². The fourth-order valence-electron chi connectivity index (χ4n) is 5.42. The first-order valence-corrected chi connectivity index (χ1v) is 21.9. The van der Waals surface area contributed by atoms with Crippen molar-refractivity contribution in [2.45, 2.75) is 84.4 Å². The number of carboxylic acids is 1. The van der Waals surface area contributed by atoms with Crippen molar-refractivity contribution in [1.29, 1.82) is 0 Å². The van der Waals surface area contributed by atoms with Crippen molar-refractivity contribution in [2.75, 3.05) is 16.3 Å². The van der Waals surface area contributed by atoms with E-state index in [1.807, 2.05) is 34.6 Å². The Morgan fingerprint density at radius 3 is 1.93 bits per heavy atom. The first-order chi connectivity index (χ1) is 31.0. The molecule has 2 aromatic carbocycles. The lowest BCUT2D eigenvalue weighted by Gasteiger charge is -2.19. The monoisotopic (exact) mass is 1050 g/mol. The molecule has 0 saturated heterocycles. The van der Waals surface area contributed by atoms with E-state index in [2.05, 4.69) is 25.3 Å². The van der Waals surface area contributed by atoms with Gasteiger partial charge in [0.15, 0.2) is 11.6 Å². The molecule has 5 rings (SSSR count). The molecule has 0 bridgehead atoms. The Morgan fingerprint density at radius 2 is 1.49 bits per heavy atom. The highest BCUT2D eigenvalue weighted by atomic mass is 35.5. The van der Waals surface area contributed by atoms with Crippen molar-refractivity contribution in [3.63, 3.8) is 0 Å². The molecule has 5 aromatic rings. The molecule has 3 aromatic heterocycles. The summed E-state index contributed by atoms with van der Waals surface area (Å²) < 4.78 is 121. The second-order valence-electron chi connectivity index (χ2n) is 15.3. The van der Waals surface area contributed by atoms with E-state index in [0.717, 1.165) is 41.5 Å². The highest BCUT2D eigenvalue weighted by molar-refractivity contribution is 7.92. The third-order valence-electron chi connectivity index (χ3n) is 8.67. The normalized spacial score (nSPS) is 12.3. The number of sulfonamides is 1. The molecule has 3 heterocycles. The number of hydrogen-bond acceptors (Lipinski definition) is 12. The van der Waals surface area contributed by atoms with E-state index in [9.17, 15) is 63.1 Å². The topological polar surface area (TPSA) is 284 Å². The predicted molar refractivity (Wildman–Crippen MR) is 237 cm³/mol. The lowest BCUT2D eigenvalue weighted by Crippen LogP contribution is -2.47. The summed E-state index contributed by atoms with van der Waals surface area (Å²) in [4.78, 5) is 58.0. The van der Waals surface area contributed by atoms with Crippen LogP contribution in [0.2, 0.25) is 5.02 Å². The van der Waals surface area contributed by atoms with Gasteiger partial charge in [0.1, 0.15) is 33.4 Å². The summed E-state index contributed by atoms with van der Waals surface area (Å²) in [5, 5.41) is 20.6. The first-order valence-electron chi connectivity index (χ1n) is 19.0. The molecule has 0 aliphatic carbocycles. The van der Waals surface area contributed by atoms with Crippen molar-refractivity contribution >= 4 is 68.1 Å². The molecule has 0 aliphatic heterocycles.